The number of halogens is 1. The fraction of sp³-hybridized carbons (Fsp3) is 0.194. The summed E-state index contributed by atoms with van der Waals surface area (Å²) < 4.78 is 18.8. The minimum absolute atomic E-state index is 0.0186. The molecule has 0 spiro atoms. The molecule has 0 aliphatic heterocycles. The number of para-hydroxylation sites is 3. The van der Waals surface area contributed by atoms with Crippen molar-refractivity contribution >= 4 is 44.8 Å². The summed E-state index contributed by atoms with van der Waals surface area (Å²) in [5, 5.41) is 2.36. The van der Waals surface area contributed by atoms with Crippen LogP contribution in [0, 0.1) is 5.82 Å². The van der Waals surface area contributed by atoms with E-state index in [0.29, 0.717) is 11.8 Å². The van der Waals surface area contributed by atoms with Crippen molar-refractivity contribution in [3.63, 3.8) is 0 Å². The molecule has 0 amide bonds. The van der Waals surface area contributed by atoms with Gasteiger partial charge in [0.25, 0.3) is 0 Å². The van der Waals surface area contributed by atoms with Gasteiger partial charge in [0, 0.05) is 0 Å². The number of hydrogen-bond acceptors (Lipinski definition) is 1. The topological polar surface area (TPSA) is 17.8 Å². The van der Waals surface area contributed by atoms with E-state index in [2.05, 4.69) is 92.9 Å². The molecule has 6 rings (SSSR count). The first kappa shape index (κ1) is 22.3. The Kier molecular flexibility index (Phi) is 5.40. The maximum atomic E-state index is 14.1. The van der Waals surface area contributed by atoms with Crippen molar-refractivity contribution in [2.24, 2.45) is 0 Å². The number of hydrogen-bond donors (Lipinski definition) is 0. The zero-order chi connectivity index (χ0) is 24.3. The third-order valence-corrected chi connectivity index (χ3v) is 9.35. The molecule has 35 heavy (non-hydrogen) atoms. The van der Waals surface area contributed by atoms with Gasteiger partial charge in [0.1, 0.15) is 0 Å². The number of imidazole rings is 1. The van der Waals surface area contributed by atoms with Crippen LogP contribution < -0.4 is 0 Å². The average Bonchev–Trinajstić information content (AvgIpc) is 3.41. The Morgan fingerprint density at radius 3 is 2.23 bits per heavy atom. The van der Waals surface area contributed by atoms with Gasteiger partial charge in [-0.2, -0.15) is 0 Å². The molecule has 0 aliphatic rings. The zero-order valence-corrected chi connectivity index (χ0v) is 22.1. The second-order valence-corrected chi connectivity index (χ2v) is 12.0. The van der Waals surface area contributed by atoms with Crippen LogP contribution in [0.25, 0.3) is 47.4 Å². The van der Waals surface area contributed by atoms with E-state index in [1.54, 1.807) is 12.1 Å². The molecule has 4 aromatic carbocycles. The third kappa shape index (κ3) is 3.55. The number of fused-ring (bicyclic) bond motifs is 4. The van der Waals surface area contributed by atoms with Gasteiger partial charge in [-0.1, -0.05) is 0 Å². The van der Waals surface area contributed by atoms with E-state index in [0.717, 1.165) is 32.1 Å². The predicted octanol–water partition coefficient (Wildman–Crippen LogP) is 8.44. The van der Waals surface area contributed by atoms with E-state index in [-0.39, 0.29) is 20.3 Å². The molecule has 0 fully saturated rings. The fourth-order valence-corrected chi connectivity index (χ4v) is 7.75. The molecule has 6 aromatic rings. The van der Waals surface area contributed by atoms with E-state index < -0.39 is 0 Å². The van der Waals surface area contributed by atoms with Crippen LogP contribution in [-0.2, 0) is 0 Å². The van der Waals surface area contributed by atoms with Crippen LogP contribution in [0.3, 0.4) is 0 Å². The Balaban J connectivity index is 1.76. The summed E-state index contributed by atoms with van der Waals surface area (Å²) in [6.07, 6.45) is 0. The fourth-order valence-electron chi connectivity index (χ4n) is 5.15. The van der Waals surface area contributed by atoms with E-state index in [9.17, 15) is 4.39 Å². The quantitative estimate of drug-likeness (QED) is 0.211. The molecular weight excluding hydrogens is 498 g/mol. The van der Waals surface area contributed by atoms with Crippen LogP contribution >= 0.6 is 0 Å². The molecule has 4 heteroatoms. The number of aromatic nitrogens is 2. The van der Waals surface area contributed by atoms with Crippen molar-refractivity contribution in [1.29, 1.82) is 0 Å². The molecule has 0 saturated carbocycles. The van der Waals surface area contributed by atoms with Crippen molar-refractivity contribution in [1.82, 2.24) is 9.55 Å². The first-order valence-electron chi connectivity index (χ1n) is 12.2. The normalized spacial score (nSPS) is 12.1. The van der Waals surface area contributed by atoms with Crippen LogP contribution in [0.15, 0.2) is 78.9 Å². The first-order valence-corrected chi connectivity index (χ1v) is 13.9. The summed E-state index contributed by atoms with van der Waals surface area (Å²) in [4.78, 5) is 5.22. The van der Waals surface area contributed by atoms with Crippen LogP contribution in [0.5, 0.6) is 0 Å². The average molecular weight is 526 g/mol. The maximum absolute atomic E-state index is 14.1. The summed E-state index contributed by atoms with van der Waals surface area (Å²) in [6.45, 7) is 9.04. The summed E-state index contributed by atoms with van der Waals surface area (Å²) in [5.41, 5.74) is 7.14. The second kappa shape index (κ2) is 8.48. The molecule has 174 valence electrons. The van der Waals surface area contributed by atoms with Crippen molar-refractivity contribution in [3.05, 3.63) is 95.8 Å². The Hall–Kier alpha value is -3.20. The van der Waals surface area contributed by atoms with Gasteiger partial charge in [-0.3, -0.25) is 0 Å². The number of rotatable bonds is 4. The third-order valence-electron chi connectivity index (χ3n) is 6.83. The SMILES string of the molecule is CC(C)c1cccc(C(C)C)c1-n1c(-c2cccc3c2[se]c2cc(F)ccc23)nc2ccccc21. The summed E-state index contributed by atoms with van der Waals surface area (Å²) in [7, 11) is 0. The van der Waals surface area contributed by atoms with Crippen molar-refractivity contribution in [2.45, 2.75) is 39.5 Å². The number of nitrogens with zero attached hydrogens (tertiary/aromatic N) is 2. The molecule has 2 nitrogen and oxygen atoms in total. The van der Waals surface area contributed by atoms with Gasteiger partial charge in [-0.15, -0.1) is 0 Å². The van der Waals surface area contributed by atoms with E-state index in [1.165, 1.54) is 26.5 Å². The Morgan fingerprint density at radius 1 is 0.771 bits per heavy atom. The van der Waals surface area contributed by atoms with Crippen molar-refractivity contribution in [3.8, 4) is 17.1 Å². The Bertz CT molecular complexity index is 1700. The van der Waals surface area contributed by atoms with Gasteiger partial charge in [-0.05, 0) is 0 Å². The van der Waals surface area contributed by atoms with Crippen LogP contribution in [0.2, 0.25) is 0 Å². The van der Waals surface area contributed by atoms with Gasteiger partial charge in [0.2, 0.25) is 0 Å². The van der Waals surface area contributed by atoms with E-state index >= 15 is 0 Å². The molecule has 0 unspecified atom stereocenters. The Labute approximate surface area is 210 Å². The van der Waals surface area contributed by atoms with Crippen molar-refractivity contribution < 1.29 is 4.39 Å². The zero-order valence-electron chi connectivity index (χ0n) is 20.3. The van der Waals surface area contributed by atoms with Crippen LogP contribution in [0.1, 0.15) is 50.7 Å². The van der Waals surface area contributed by atoms with E-state index in [4.69, 9.17) is 4.98 Å². The molecule has 2 heterocycles. The van der Waals surface area contributed by atoms with Gasteiger partial charge >= 0.3 is 211 Å². The molecule has 0 aliphatic carbocycles. The number of benzene rings is 4. The van der Waals surface area contributed by atoms with Crippen LogP contribution in [-0.4, -0.2) is 24.1 Å². The molecule has 0 saturated heterocycles. The molecule has 2 aromatic heterocycles. The predicted molar refractivity (Wildman–Crippen MR) is 147 cm³/mol. The van der Waals surface area contributed by atoms with Gasteiger partial charge in [-0.25, -0.2) is 0 Å². The van der Waals surface area contributed by atoms with Gasteiger partial charge in [0.15, 0.2) is 0 Å². The summed E-state index contributed by atoms with van der Waals surface area (Å²) in [6, 6.07) is 26.8. The first-order chi connectivity index (χ1) is 16.9. The standard InChI is InChI=1S/C31H27FN2Se/c1-18(2)21-9-7-10-22(19(3)4)29(21)34-27-14-6-5-13-26(27)33-31(34)25-12-8-11-24-23-16-15-20(32)17-28(23)35-30(24)25/h5-19H,1-4H3. The van der Waals surface area contributed by atoms with Gasteiger partial charge in [0.05, 0.1) is 0 Å². The Morgan fingerprint density at radius 2 is 1.49 bits per heavy atom. The molecule has 0 bridgehead atoms. The van der Waals surface area contributed by atoms with Crippen molar-refractivity contribution in [2.75, 3.05) is 0 Å². The molecule has 0 N–H and O–H groups in total. The monoisotopic (exact) mass is 526 g/mol. The molecule has 0 radical (unpaired) electrons. The van der Waals surface area contributed by atoms with E-state index in [1.807, 2.05) is 6.07 Å². The molecular formula is C31H27FN2Se. The van der Waals surface area contributed by atoms with Crippen LogP contribution in [0.4, 0.5) is 4.39 Å². The second-order valence-electron chi connectivity index (χ2n) is 9.78. The minimum atomic E-state index is -0.167. The van der Waals surface area contributed by atoms with Gasteiger partial charge < -0.3 is 0 Å². The summed E-state index contributed by atoms with van der Waals surface area (Å²) in [5.74, 6) is 1.54. The molecule has 0 atom stereocenters. The summed E-state index contributed by atoms with van der Waals surface area (Å²) >= 11 is 0.0186.